The third kappa shape index (κ3) is 2.28. The van der Waals surface area contributed by atoms with Gasteiger partial charge in [-0.05, 0) is 46.9 Å². The van der Waals surface area contributed by atoms with E-state index in [1.54, 1.807) is 11.3 Å². The number of thiophene rings is 1. The summed E-state index contributed by atoms with van der Waals surface area (Å²) in [4.78, 5) is 0. The first-order valence-corrected chi connectivity index (χ1v) is 7.20. The van der Waals surface area contributed by atoms with Crippen LogP contribution in [0.3, 0.4) is 0 Å². The highest BCUT2D eigenvalue weighted by molar-refractivity contribution is 7.07. The first-order chi connectivity index (χ1) is 8.84. The fourth-order valence-corrected chi connectivity index (χ4v) is 3.24. The molecule has 0 spiro atoms. The van der Waals surface area contributed by atoms with Gasteiger partial charge in [0, 0.05) is 5.92 Å². The third-order valence-electron chi connectivity index (χ3n) is 3.49. The minimum absolute atomic E-state index is 0.190. The standard InChI is InChI=1S/C15H16O2S/c16-14(9-11-6-8-18-10-11)12-5-7-17-15-4-2-1-3-13(12)15/h1-4,6,8,10,12,14,16H,5,7,9H2. The van der Waals surface area contributed by atoms with Crippen LogP contribution in [0.15, 0.2) is 41.1 Å². The third-order valence-corrected chi connectivity index (χ3v) is 4.23. The van der Waals surface area contributed by atoms with Gasteiger partial charge in [-0.3, -0.25) is 0 Å². The van der Waals surface area contributed by atoms with Gasteiger partial charge in [0.1, 0.15) is 5.75 Å². The number of fused-ring (bicyclic) bond motifs is 1. The molecule has 2 heterocycles. The first kappa shape index (κ1) is 11.8. The Morgan fingerprint density at radius 1 is 1.33 bits per heavy atom. The average Bonchev–Trinajstić information content (AvgIpc) is 2.91. The lowest BCUT2D eigenvalue weighted by Gasteiger charge is -2.29. The molecular formula is C15H16O2S. The molecule has 0 bridgehead atoms. The molecule has 2 unspecified atom stereocenters. The lowest BCUT2D eigenvalue weighted by molar-refractivity contribution is 0.116. The van der Waals surface area contributed by atoms with Crippen molar-refractivity contribution in [2.45, 2.75) is 24.9 Å². The molecule has 1 aromatic carbocycles. The summed E-state index contributed by atoms with van der Waals surface area (Å²) in [6.45, 7) is 0.697. The molecule has 3 heteroatoms. The molecule has 0 aliphatic carbocycles. The van der Waals surface area contributed by atoms with E-state index >= 15 is 0 Å². The van der Waals surface area contributed by atoms with Crippen LogP contribution < -0.4 is 4.74 Å². The summed E-state index contributed by atoms with van der Waals surface area (Å²) in [5.41, 5.74) is 2.36. The van der Waals surface area contributed by atoms with Gasteiger partial charge >= 0.3 is 0 Å². The molecule has 2 aromatic rings. The van der Waals surface area contributed by atoms with Crippen molar-refractivity contribution >= 4 is 11.3 Å². The summed E-state index contributed by atoms with van der Waals surface area (Å²) >= 11 is 1.68. The van der Waals surface area contributed by atoms with E-state index in [1.807, 2.05) is 18.2 Å². The molecular weight excluding hydrogens is 244 g/mol. The summed E-state index contributed by atoms with van der Waals surface area (Å²) in [6.07, 6.45) is 1.29. The van der Waals surface area contributed by atoms with Gasteiger partial charge < -0.3 is 9.84 Å². The van der Waals surface area contributed by atoms with E-state index in [0.717, 1.165) is 24.2 Å². The van der Waals surface area contributed by atoms with Crippen LogP contribution in [0.25, 0.3) is 0 Å². The number of aliphatic hydroxyl groups excluding tert-OH is 1. The summed E-state index contributed by atoms with van der Waals surface area (Å²) < 4.78 is 5.63. The van der Waals surface area contributed by atoms with Crippen LogP contribution in [0, 0.1) is 0 Å². The Hall–Kier alpha value is -1.32. The highest BCUT2D eigenvalue weighted by Gasteiger charge is 2.27. The number of ether oxygens (including phenoxy) is 1. The predicted molar refractivity (Wildman–Crippen MR) is 73.3 cm³/mol. The smallest absolute Gasteiger partial charge is 0.122 e. The Kier molecular flexibility index (Phi) is 3.35. The van der Waals surface area contributed by atoms with Gasteiger partial charge in [0.2, 0.25) is 0 Å². The van der Waals surface area contributed by atoms with E-state index in [2.05, 4.69) is 22.9 Å². The zero-order valence-corrected chi connectivity index (χ0v) is 10.9. The van der Waals surface area contributed by atoms with Crippen LogP contribution in [-0.4, -0.2) is 17.8 Å². The molecule has 2 atom stereocenters. The normalized spacial score (nSPS) is 19.9. The van der Waals surface area contributed by atoms with Gasteiger partial charge in [-0.2, -0.15) is 11.3 Å². The Morgan fingerprint density at radius 2 is 2.22 bits per heavy atom. The van der Waals surface area contributed by atoms with E-state index in [0.29, 0.717) is 6.61 Å². The second-order valence-electron chi connectivity index (χ2n) is 4.68. The van der Waals surface area contributed by atoms with Crippen molar-refractivity contribution in [2.24, 2.45) is 0 Å². The zero-order chi connectivity index (χ0) is 12.4. The molecule has 2 nitrogen and oxygen atoms in total. The summed E-state index contributed by atoms with van der Waals surface area (Å²) in [5.74, 6) is 1.12. The predicted octanol–water partition coefficient (Wildman–Crippen LogP) is 3.22. The maximum Gasteiger partial charge on any atom is 0.122 e. The fraction of sp³-hybridized carbons (Fsp3) is 0.333. The van der Waals surface area contributed by atoms with Crippen molar-refractivity contribution in [3.05, 3.63) is 52.2 Å². The number of benzene rings is 1. The molecule has 1 aliphatic heterocycles. The van der Waals surface area contributed by atoms with Crippen LogP contribution in [0.5, 0.6) is 5.75 Å². The number of aliphatic hydroxyl groups is 1. The van der Waals surface area contributed by atoms with Crippen LogP contribution in [-0.2, 0) is 6.42 Å². The van der Waals surface area contributed by atoms with Crippen LogP contribution in [0.2, 0.25) is 0 Å². The number of hydrogen-bond donors (Lipinski definition) is 1. The summed E-state index contributed by atoms with van der Waals surface area (Å²) in [6, 6.07) is 10.1. The molecule has 1 aromatic heterocycles. The van der Waals surface area contributed by atoms with Gasteiger partial charge in [-0.15, -0.1) is 0 Å². The van der Waals surface area contributed by atoms with Gasteiger partial charge in [0.25, 0.3) is 0 Å². The second-order valence-corrected chi connectivity index (χ2v) is 5.46. The van der Waals surface area contributed by atoms with Crippen molar-refractivity contribution in [1.82, 2.24) is 0 Å². The van der Waals surface area contributed by atoms with Crippen molar-refractivity contribution in [3.8, 4) is 5.75 Å². The average molecular weight is 260 g/mol. The lowest BCUT2D eigenvalue weighted by Crippen LogP contribution is -2.26. The maximum atomic E-state index is 10.4. The molecule has 1 N–H and O–H groups in total. The first-order valence-electron chi connectivity index (χ1n) is 6.25. The fourth-order valence-electron chi connectivity index (χ4n) is 2.56. The Morgan fingerprint density at radius 3 is 3.06 bits per heavy atom. The molecule has 18 heavy (non-hydrogen) atoms. The summed E-state index contributed by atoms with van der Waals surface area (Å²) in [5, 5.41) is 14.6. The molecule has 0 radical (unpaired) electrons. The zero-order valence-electron chi connectivity index (χ0n) is 10.1. The molecule has 3 rings (SSSR count). The molecule has 94 valence electrons. The van der Waals surface area contributed by atoms with E-state index in [4.69, 9.17) is 4.74 Å². The van der Waals surface area contributed by atoms with Crippen molar-refractivity contribution in [1.29, 1.82) is 0 Å². The monoisotopic (exact) mass is 260 g/mol. The minimum Gasteiger partial charge on any atom is -0.493 e. The van der Waals surface area contributed by atoms with Crippen LogP contribution in [0.4, 0.5) is 0 Å². The largest absolute Gasteiger partial charge is 0.493 e. The van der Waals surface area contributed by atoms with Gasteiger partial charge in [-0.1, -0.05) is 18.2 Å². The quantitative estimate of drug-likeness (QED) is 0.918. The highest BCUT2D eigenvalue weighted by atomic mass is 32.1. The lowest BCUT2D eigenvalue weighted by atomic mass is 9.86. The van der Waals surface area contributed by atoms with Gasteiger partial charge in [0.15, 0.2) is 0 Å². The van der Waals surface area contributed by atoms with Crippen molar-refractivity contribution in [3.63, 3.8) is 0 Å². The molecule has 0 amide bonds. The van der Waals surface area contributed by atoms with E-state index in [1.165, 1.54) is 5.56 Å². The van der Waals surface area contributed by atoms with E-state index < -0.39 is 0 Å². The van der Waals surface area contributed by atoms with Crippen LogP contribution in [0.1, 0.15) is 23.5 Å². The van der Waals surface area contributed by atoms with E-state index in [9.17, 15) is 5.11 Å². The van der Waals surface area contributed by atoms with Gasteiger partial charge in [0.05, 0.1) is 12.7 Å². The highest BCUT2D eigenvalue weighted by Crippen LogP contribution is 2.36. The molecule has 0 saturated heterocycles. The Labute approximate surface area is 111 Å². The Balaban J connectivity index is 1.80. The molecule has 0 fully saturated rings. The number of para-hydroxylation sites is 1. The molecule has 0 saturated carbocycles. The number of rotatable bonds is 3. The number of hydrogen-bond acceptors (Lipinski definition) is 3. The van der Waals surface area contributed by atoms with E-state index in [-0.39, 0.29) is 12.0 Å². The second kappa shape index (κ2) is 5.12. The Bertz CT molecular complexity index is 507. The van der Waals surface area contributed by atoms with Crippen LogP contribution >= 0.6 is 11.3 Å². The topological polar surface area (TPSA) is 29.5 Å². The minimum atomic E-state index is -0.329. The molecule has 1 aliphatic rings. The van der Waals surface area contributed by atoms with Gasteiger partial charge in [-0.25, -0.2) is 0 Å². The SMILES string of the molecule is OC(Cc1ccsc1)C1CCOc2ccccc21. The maximum absolute atomic E-state index is 10.4. The van der Waals surface area contributed by atoms with Crippen molar-refractivity contribution < 1.29 is 9.84 Å². The summed E-state index contributed by atoms with van der Waals surface area (Å²) in [7, 11) is 0. The van der Waals surface area contributed by atoms with Crippen molar-refractivity contribution in [2.75, 3.05) is 6.61 Å².